The van der Waals surface area contributed by atoms with Gasteiger partial charge in [0.15, 0.2) is 0 Å². The Morgan fingerprint density at radius 3 is 2.53 bits per heavy atom. The van der Waals surface area contributed by atoms with Gasteiger partial charge in [-0.25, -0.2) is 8.78 Å². The molecule has 0 unspecified atom stereocenters. The Bertz CT molecular complexity index is 373. The highest BCUT2D eigenvalue weighted by molar-refractivity contribution is 5.31. The number of alkyl halides is 4. The van der Waals surface area contributed by atoms with Gasteiger partial charge >= 0.3 is 6.61 Å². The highest BCUT2D eigenvalue weighted by atomic mass is 19.3. The first-order valence-electron chi connectivity index (χ1n) is 4.66. The van der Waals surface area contributed by atoms with Gasteiger partial charge in [0.25, 0.3) is 5.92 Å². The largest absolute Gasteiger partial charge is 0.435 e. The van der Waals surface area contributed by atoms with Crippen molar-refractivity contribution < 1.29 is 27.4 Å². The van der Waals surface area contributed by atoms with Crippen LogP contribution in [-0.2, 0) is 0 Å². The van der Waals surface area contributed by atoms with E-state index in [4.69, 9.17) is 10.8 Å². The Balaban J connectivity index is 2.91. The van der Waals surface area contributed by atoms with E-state index >= 15 is 0 Å². The van der Waals surface area contributed by atoms with E-state index in [0.29, 0.717) is 0 Å². The quantitative estimate of drug-likeness (QED) is 0.788. The molecule has 1 rings (SSSR count). The maximum Gasteiger partial charge on any atom is 0.387 e. The van der Waals surface area contributed by atoms with Gasteiger partial charge in [0.05, 0.1) is 6.04 Å². The molecule has 0 amide bonds. The summed E-state index contributed by atoms with van der Waals surface area (Å²) in [6, 6.07) is 2.90. The molecule has 1 atom stereocenters. The van der Waals surface area contributed by atoms with Crippen molar-refractivity contribution in [2.24, 2.45) is 5.73 Å². The molecule has 0 saturated carbocycles. The first kappa shape index (κ1) is 13.7. The van der Waals surface area contributed by atoms with Crippen LogP contribution >= 0.6 is 0 Å². The van der Waals surface area contributed by atoms with Crippen molar-refractivity contribution in [3.05, 3.63) is 29.8 Å². The molecule has 0 aliphatic heterocycles. The highest BCUT2D eigenvalue weighted by Crippen LogP contribution is 2.30. The Morgan fingerprint density at radius 1 is 1.35 bits per heavy atom. The van der Waals surface area contributed by atoms with Gasteiger partial charge in [-0.1, -0.05) is 12.1 Å². The molecule has 1 aromatic rings. The minimum absolute atomic E-state index is 0.0952. The maximum atomic E-state index is 13.1. The van der Waals surface area contributed by atoms with Crippen LogP contribution in [0, 0.1) is 0 Å². The molecule has 0 aliphatic carbocycles. The van der Waals surface area contributed by atoms with Crippen LogP contribution in [0.25, 0.3) is 0 Å². The topological polar surface area (TPSA) is 55.5 Å². The van der Waals surface area contributed by atoms with Crippen LogP contribution in [0.5, 0.6) is 5.75 Å². The first-order chi connectivity index (χ1) is 7.86. The molecular formula is C10H11F4NO2. The first-order valence-corrected chi connectivity index (χ1v) is 4.66. The molecule has 0 saturated heterocycles. The zero-order valence-corrected chi connectivity index (χ0v) is 8.62. The third-order valence-corrected chi connectivity index (χ3v) is 2.11. The average molecular weight is 253 g/mol. The Labute approximate surface area is 94.8 Å². The van der Waals surface area contributed by atoms with E-state index in [0.717, 1.165) is 6.07 Å². The summed E-state index contributed by atoms with van der Waals surface area (Å²) in [7, 11) is 0. The molecule has 96 valence electrons. The lowest BCUT2D eigenvalue weighted by molar-refractivity contribution is -0.0714. The molecule has 17 heavy (non-hydrogen) atoms. The highest BCUT2D eigenvalue weighted by Gasteiger charge is 2.37. The van der Waals surface area contributed by atoms with Gasteiger partial charge in [-0.15, -0.1) is 0 Å². The van der Waals surface area contributed by atoms with Crippen molar-refractivity contribution in [2.75, 3.05) is 6.61 Å². The van der Waals surface area contributed by atoms with Gasteiger partial charge in [0.2, 0.25) is 0 Å². The zero-order valence-electron chi connectivity index (χ0n) is 8.62. The second-order valence-electron chi connectivity index (χ2n) is 3.35. The fourth-order valence-corrected chi connectivity index (χ4v) is 1.23. The summed E-state index contributed by atoms with van der Waals surface area (Å²) in [6.45, 7) is -4.46. The van der Waals surface area contributed by atoms with Crippen molar-refractivity contribution in [1.29, 1.82) is 0 Å². The number of aliphatic hydroxyl groups excluding tert-OH is 1. The molecule has 3 nitrogen and oxygen atoms in total. The molecule has 7 heteroatoms. The molecular weight excluding hydrogens is 242 g/mol. The third kappa shape index (κ3) is 3.57. The fraction of sp³-hybridized carbons (Fsp3) is 0.400. The van der Waals surface area contributed by atoms with Gasteiger partial charge in [0.1, 0.15) is 12.4 Å². The van der Waals surface area contributed by atoms with Crippen LogP contribution in [0.15, 0.2) is 24.3 Å². The van der Waals surface area contributed by atoms with Crippen molar-refractivity contribution in [2.45, 2.75) is 18.6 Å². The van der Waals surface area contributed by atoms with Crippen LogP contribution in [0.4, 0.5) is 17.6 Å². The lowest BCUT2D eigenvalue weighted by Crippen LogP contribution is -2.36. The van der Waals surface area contributed by atoms with E-state index in [-0.39, 0.29) is 11.3 Å². The van der Waals surface area contributed by atoms with Crippen molar-refractivity contribution in [1.82, 2.24) is 0 Å². The molecule has 0 radical (unpaired) electrons. The smallest absolute Gasteiger partial charge is 0.387 e. The maximum absolute atomic E-state index is 13.1. The number of nitrogens with two attached hydrogens (primary N) is 1. The zero-order chi connectivity index (χ0) is 13.1. The Morgan fingerprint density at radius 2 is 2.00 bits per heavy atom. The minimum atomic E-state index is -3.52. The van der Waals surface area contributed by atoms with Crippen molar-refractivity contribution in [3.8, 4) is 5.75 Å². The van der Waals surface area contributed by atoms with E-state index < -0.39 is 25.2 Å². The fourth-order valence-electron chi connectivity index (χ4n) is 1.23. The summed E-state index contributed by atoms with van der Waals surface area (Å²) in [5.41, 5.74) is 5.13. The summed E-state index contributed by atoms with van der Waals surface area (Å²) < 4.78 is 54.0. The van der Waals surface area contributed by atoms with Crippen LogP contribution in [0.2, 0.25) is 0 Å². The second kappa shape index (κ2) is 5.33. The van der Waals surface area contributed by atoms with E-state index in [9.17, 15) is 17.6 Å². The summed E-state index contributed by atoms with van der Waals surface area (Å²) in [6.07, 6.45) is 0. The molecule has 0 spiro atoms. The predicted octanol–water partition coefficient (Wildman–Crippen LogP) is 1.92. The molecule has 0 heterocycles. The molecule has 0 bridgehead atoms. The number of aliphatic hydroxyl groups is 1. The standard InChI is InChI=1S/C10H11F4NO2/c11-9(12)17-7-3-1-2-6(4-7)8(15)10(13,14)5-16/h1-4,8-9,16H,5,15H2/t8-/m0/s1. The van der Waals surface area contributed by atoms with E-state index in [2.05, 4.69) is 4.74 Å². The number of ether oxygens (including phenoxy) is 1. The third-order valence-electron chi connectivity index (χ3n) is 2.11. The number of halogens is 4. The summed E-state index contributed by atoms with van der Waals surface area (Å²) in [4.78, 5) is 0. The predicted molar refractivity (Wildman–Crippen MR) is 52.0 cm³/mol. The van der Waals surface area contributed by atoms with Crippen molar-refractivity contribution >= 4 is 0 Å². The van der Waals surface area contributed by atoms with E-state index in [1.165, 1.54) is 18.2 Å². The van der Waals surface area contributed by atoms with Crippen molar-refractivity contribution in [3.63, 3.8) is 0 Å². The minimum Gasteiger partial charge on any atom is -0.435 e. The number of rotatable bonds is 5. The number of hydrogen-bond donors (Lipinski definition) is 2. The lowest BCUT2D eigenvalue weighted by atomic mass is 10.0. The van der Waals surface area contributed by atoms with Crippen LogP contribution < -0.4 is 10.5 Å². The summed E-state index contributed by atoms with van der Waals surface area (Å²) >= 11 is 0. The Hall–Kier alpha value is -1.34. The molecule has 3 N–H and O–H groups in total. The molecule has 0 aliphatic rings. The second-order valence-corrected chi connectivity index (χ2v) is 3.35. The average Bonchev–Trinajstić information content (AvgIpc) is 2.27. The molecule has 1 aromatic carbocycles. The van der Waals surface area contributed by atoms with E-state index in [1.807, 2.05) is 0 Å². The summed E-state index contributed by atoms with van der Waals surface area (Å²) in [5.74, 6) is -3.79. The van der Waals surface area contributed by atoms with Crippen LogP contribution in [0.3, 0.4) is 0 Å². The van der Waals surface area contributed by atoms with Crippen LogP contribution in [0.1, 0.15) is 11.6 Å². The van der Waals surface area contributed by atoms with Gasteiger partial charge in [-0.2, -0.15) is 8.78 Å². The molecule has 0 fully saturated rings. The summed E-state index contributed by atoms with van der Waals surface area (Å²) in [5, 5.41) is 8.46. The number of hydrogen-bond acceptors (Lipinski definition) is 3. The number of benzene rings is 1. The van der Waals surface area contributed by atoms with Gasteiger partial charge < -0.3 is 15.6 Å². The van der Waals surface area contributed by atoms with Crippen LogP contribution in [-0.4, -0.2) is 24.2 Å². The van der Waals surface area contributed by atoms with Gasteiger partial charge in [-0.3, -0.25) is 0 Å². The van der Waals surface area contributed by atoms with Gasteiger partial charge in [-0.05, 0) is 17.7 Å². The normalized spacial score (nSPS) is 13.8. The monoisotopic (exact) mass is 253 g/mol. The SMILES string of the molecule is N[C@@H](c1cccc(OC(F)F)c1)C(F)(F)CO. The lowest BCUT2D eigenvalue weighted by Gasteiger charge is -2.22. The molecule has 0 aromatic heterocycles. The Kier molecular flexibility index (Phi) is 4.30. The van der Waals surface area contributed by atoms with E-state index in [1.54, 1.807) is 0 Å². The van der Waals surface area contributed by atoms with Gasteiger partial charge in [0, 0.05) is 0 Å².